The van der Waals surface area contributed by atoms with Crippen LogP contribution < -0.4 is 4.72 Å². The molecule has 2 atom stereocenters. The normalized spacial score (nSPS) is 22.1. The second-order valence-electron chi connectivity index (χ2n) is 5.43. The lowest BCUT2D eigenvalue weighted by molar-refractivity contribution is -0.147. The zero-order valence-electron chi connectivity index (χ0n) is 12.5. The van der Waals surface area contributed by atoms with Crippen LogP contribution in [0, 0.1) is 11.8 Å². The fraction of sp³-hybridized carbons (Fsp3) is 0.615. The zero-order chi connectivity index (χ0) is 16.3. The number of aryl methyl sites for hydroxylation is 1. The van der Waals surface area contributed by atoms with Crippen LogP contribution in [0.15, 0.2) is 17.6 Å². The lowest BCUT2D eigenvalue weighted by Gasteiger charge is -2.26. The van der Waals surface area contributed by atoms with Crippen molar-refractivity contribution in [2.75, 3.05) is 7.11 Å². The first-order valence-corrected chi connectivity index (χ1v) is 8.44. The van der Waals surface area contributed by atoms with Gasteiger partial charge in [0.05, 0.1) is 19.4 Å². The van der Waals surface area contributed by atoms with Crippen LogP contribution in [0.3, 0.4) is 0 Å². The highest BCUT2D eigenvalue weighted by Crippen LogP contribution is 2.30. The molecule has 1 aliphatic rings. The molecule has 0 spiro atoms. The van der Waals surface area contributed by atoms with Crippen molar-refractivity contribution in [1.29, 1.82) is 0 Å². The molecule has 0 radical (unpaired) electrons. The van der Waals surface area contributed by atoms with Gasteiger partial charge in [0.1, 0.15) is 0 Å². The molecule has 0 bridgehead atoms. The molecule has 2 unspecified atom stereocenters. The summed E-state index contributed by atoms with van der Waals surface area (Å²) in [5.74, 6) is -1.83. The topological polar surface area (TPSA) is 107 Å². The molecule has 8 nitrogen and oxygen atoms in total. The maximum Gasteiger partial charge on any atom is 0.308 e. The van der Waals surface area contributed by atoms with Gasteiger partial charge in [0.15, 0.2) is 5.03 Å². The zero-order valence-corrected chi connectivity index (χ0v) is 13.3. The monoisotopic (exact) mass is 329 g/mol. The highest BCUT2D eigenvalue weighted by Gasteiger charge is 2.33. The number of hydrogen-bond donors (Lipinski definition) is 1. The number of ether oxygens (including phenoxy) is 1. The number of methoxy groups -OCH3 is 1. The maximum absolute atomic E-state index is 12.2. The molecule has 1 saturated carbocycles. The number of carbonyl (C=O) groups is 2. The van der Waals surface area contributed by atoms with Crippen LogP contribution >= 0.6 is 0 Å². The van der Waals surface area contributed by atoms with Gasteiger partial charge in [-0.1, -0.05) is 6.42 Å². The molecule has 0 aliphatic heterocycles. The van der Waals surface area contributed by atoms with E-state index >= 15 is 0 Å². The lowest BCUT2D eigenvalue weighted by atomic mass is 9.81. The first-order chi connectivity index (χ1) is 10.3. The van der Waals surface area contributed by atoms with E-state index in [1.54, 1.807) is 7.05 Å². The average molecular weight is 329 g/mol. The number of imidazole rings is 1. The van der Waals surface area contributed by atoms with Crippen LogP contribution in [0.1, 0.15) is 25.7 Å². The molecule has 122 valence electrons. The smallest absolute Gasteiger partial charge is 0.308 e. The molecule has 1 aliphatic carbocycles. The molecule has 1 N–H and O–H groups in total. The van der Waals surface area contributed by atoms with E-state index in [-0.39, 0.29) is 16.9 Å². The number of esters is 1. The molecule has 1 fully saturated rings. The molecule has 0 aromatic carbocycles. The molecule has 1 heterocycles. The Morgan fingerprint density at radius 3 is 2.64 bits per heavy atom. The Morgan fingerprint density at radius 1 is 1.36 bits per heavy atom. The van der Waals surface area contributed by atoms with Crippen LogP contribution in [0.25, 0.3) is 0 Å². The minimum absolute atomic E-state index is 0.205. The Balaban J connectivity index is 2.04. The van der Waals surface area contributed by atoms with Gasteiger partial charge in [-0.2, -0.15) is 8.42 Å². The summed E-state index contributed by atoms with van der Waals surface area (Å²) >= 11 is 0. The Bertz CT molecular complexity index is 667. The summed E-state index contributed by atoms with van der Waals surface area (Å²) in [5, 5.41) is -0.205. The van der Waals surface area contributed by atoms with Crippen molar-refractivity contribution in [2.45, 2.75) is 30.7 Å². The molecule has 9 heteroatoms. The fourth-order valence-electron chi connectivity index (χ4n) is 2.60. The number of amides is 1. The highest BCUT2D eigenvalue weighted by atomic mass is 32.2. The van der Waals surface area contributed by atoms with E-state index in [0.29, 0.717) is 25.7 Å². The summed E-state index contributed by atoms with van der Waals surface area (Å²) in [6.07, 6.45) is 4.85. The van der Waals surface area contributed by atoms with Crippen LogP contribution in [0.2, 0.25) is 0 Å². The molecule has 1 aromatic heterocycles. The number of carbonyl (C=O) groups excluding carboxylic acids is 2. The third-order valence-corrected chi connectivity index (χ3v) is 5.00. The Hall–Kier alpha value is -1.90. The van der Waals surface area contributed by atoms with Crippen molar-refractivity contribution in [2.24, 2.45) is 18.9 Å². The second kappa shape index (κ2) is 6.47. The third kappa shape index (κ3) is 3.65. The minimum Gasteiger partial charge on any atom is -0.469 e. The predicted octanol–water partition coefficient (Wildman–Crippen LogP) is 0.204. The Labute approximate surface area is 128 Å². The molecular weight excluding hydrogens is 310 g/mol. The maximum atomic E-state index is 12.2. The predicted molar refractivity (Wildman–Crippen MR) is 76.0 cm³/mol. The summed E-state index contributed by atoms with van der Waals surface area (Å²) in [7, 11) is -1.04. The summed E-state index contributed by atoms with van der Waals surface area (Å²) in [4.78, 5) is 27.5. The molecule has 1 amide bonds. The van der Waals surface area contributed by atoms with Gasteiger partial charge in [0.2, 0.25) is 5.91 Å². The molecule has 1 aromatic rings. The van der Waals surface area contributed by atoms with Crippen LogP contribution in [0.4, 0.5) is 0 Å². The van der Waals surface area contributed by atoms with E-state index in [9.17, 15) is 18.0 Å². The fourth-order valence-corrected chi connectivity index (χ4v) is 3.63. The lowest BCUT2D eigenvalue weighted by Crippen LogP contribution is -2.39. The van der Waals surface area contributed by atoms with Gasteiger partial charge in [0, 0.05) is 19.2 Å². The number of hydrogen-bond acceptors (Lipinski definition) is 6. The van der Waals surface area contributed by atoms with Crippen molar-refractivity contribution < 1.29 is 22.7 Å². The average Bonchev–Trinajstić information content (AvgIpc) is 2.93. The van der Waals surface area contributed by atoms with Gasteiger partial charge in [-0.3, -0.25) is 9.59 Å². The van der Waals surface area contributed by atoms with Gasteiger partial charge in [-0.25, -0.2) is 9.71 Å². The van der Waals surface area contributed by atoms with Crippen molar-refractivity contribution in [3.63, 3.8) is 0 Å². The van der Waals surface area contributed by atoms with E-state index in [1.807, 2.05) is 4.72 Å². The Morgan fingerprint density at radius 2 is 2.05 bits per heavy atom. The molecular formula is C13H19N3O5S. The number of aromatic nitrogens is 2. The first-order valence-electron chi connectivity index (χ1n) is 6.96. The summed E-state index contributed by atoms with van der Waals surface area (Å²) in [6.45, 7) is 0. The van der Waals surface area contributed by atoms with Crippen molar-refractivity contribution in [3.05, 3.63) is 12.5 Å². The SMILES string of the molecule is COC(=O)C1CCCC(C(=O)NS(=O)(=O)c2cn(C)cn2)C1. The van der Waals surface area contributed by atoms with E-state index in [0.717, 1.165) is 0 Å². The molecule has 0 saturated heterocycles. The van der Waals surface area contributed by atoms with E-state index in [4.69, 9.17) is 0 Å². The van der Waals surface area contributed by atoms with Crippen molar-refractivity contribution in [3.8, 4) is 0 Å². The number of rotatable bonds is 4. The van der Waals surface area contributed by atoms with Gasteiger partial charge in [-0.05, 0) is 19.3 Å². The second-order valence-corrected chi connectivity index (χ2v) is 7.06. The van der Waals surface area contributed by atoms with E-state index in [1.165, 1.54) is 24.2 Å². The summed E-state index contributed by atoms with van der Waals surface area (Å²) in [6, 6.07) is 0. The summed E-state index contributed by atoms with van der Waals surface area (Å²) < 4.78 is 32.3. The van der Waals surface area contributed by atoms with Gasteiger partial charge in [-0.15, -0.1) is 0 Å². The number of sulfonamides is 1. The van der Waals surface area contributed by atoms with Gasteiger partial charge >= 0.3 is 5.97 Å². The van der Waals surface area contributed by atoms with E-state index in [2.05, 4.69) is 9.72 Å². The van der Waals surface area contributed by atoms with Crippen molar-refractivity contribution >= 4 is 21.9 Å². The molecule has 22 heavy (non-hydrogen) atoms. The highest BCUT2D eigenvalue weighted by molar-refractivity contribution is 7.90. The standard InChI is InChI=1S/C13H19N3O5S/c1-16-7-11(14-8-16)22(19,20)15-12(17)9-4-3-5-10(6-9)13(18)21-2/h7-10H,3-6H2,1-2H3,(H,15,17). The van der Waals surface area contributed by atoms with Crippen LogP contribution in [-0.2, 0) is 31.4 Å². The van der Waals surface area contributed by atoms with E-state index < -0.39 is 21.8 Å². The largest absolute Gasteiger partial charge is 0.469 e. The number of nitrogens with one attached hydrogen (secondary N) is 1. The Kier molecular flexibility index (Phi) is 4.84. The minimum atomic E-state index is -3.98. The van der Waals surface area contributed by atoms with Gasteiger partial charge < -0.3 is 9.30 Å². The summed E-state index contributed by atoms with van der Waals surface area (Å²) in [5.41, 5.74) is 0. The number of nitrogens with zero attached hydrogens (tertiary/aromatic N) is 2. The van der Waals surface area contributed by atoms with Crippen molar-refractivity contribution in [1.82, 2.24) is 14.3 Å². The first kappa shape index (κ1) is 16.5. The third-order valence-electron chi connectivity index (χ3n) is 3.77. The van der Waals surface area contributed by atoms with Gasteiger partial charge in [0.25, 0.3) is 10.0 Å². The molecule has 2 rings (SSSR count). The quantitative estimate of drug-likeness (QED) is 0.791. The van der Waals surface area contributed by atoms with Crippen LogP contribution in [-0.4, -0.2) is 37.0 Å². The van der Waals surface area contributed by atoms with Crippen LogP contribution in [0.5, 0.6) is 0 Å².